The number of hydrogen-bond donors (Lipinski definition) is 2. The molecule has 2 heteroatoms. The minimum Gasteiger partial charge on any atom is -0.271 e. The number of allylic oxidation sites excluding steroid dienone is 1. The summed E-state index contributed by atoms with van der Waals surface area (Å²) in [4.78, 5) is 0. The van der Waals surface area contributed by atoms with E-state index in [2.05, 4.69) is 18.4 Å². The lowest BCUT2D eigenvalue weighted by atomic mass is 9.88. The average Bonchev–Trinajstić information content (AvgIpc) is 2.06. The van der Waals surface area contributed by atoms with Gasteiger partial charge in [0.1, 0.15) is 0 Å². The van der Waals surface area contributed by atoms with Crippen LogP contribution in [0.4, 0.5) is 0 Å². The van der Waals surface area contributed by atoms with Gasteiger partial charge in [0.05, 0.1) is 0 Å². The van der Waals surface area contributed by atoms with Gasteiger partial charge < -0.3 is 0 Å². The van der Waals surface area contributed by atoms with E-state index in [-0.39, 0.29) is 0 Å². The Morgan fingerprint density at radius 1 is 1.42 bits per heavy atom. The SMILES string of the molecule is CC(=CC1CCCCC1)CNN. The summed E-state index contributed by atoms with van der Waals surface area (Å²) in [5, 5.41) is 0. The summed E-state index contributed by atoms with van der Waals surface area (Å²) in [6.45, 7) is 2.98. The molecule has 12 heavy (non-hydrogen) atoms. The van der Waals surface area contributed by atoms with Gasteiger partial charge in [-0.05, 0) is 25.7 Å². The second-order valence-corrected chi connectivity index (χ2v) is 3.79. The number of nitrogens with two attached hydrogens (primary N) is 1. The van der Waals surface area contributed by atoms with E-state index in [0.29, 0.717) is 0 Å². The van der Waals surface area contributed by atoms with Crippen molar-refractivity contribution in [3.63, 3.8) is 0 Å². The fourth-order valence-corrected chi connectivity index (χ4v) is 1.92. The molecule has 0 aromatic heterocycles. The maximum absolute atomic E-state index is 5.24. The molecule has 1 rings (SSSR count). The van der Waals surface area contributed by atoms with Crippen molar-refractivity contribution in [2.24, 2.45) is 11.8 Å². The zero-order valence-corrected chi connectivity index (χ0v) is 7.97. The highest BCUT2D eigenvalue weighted by Crippen LogP contribution is 2.25. The number of rotatable bonds is 3. The fraction of sp³-hybridized carbons (Fsp3) is 0.800. The molecule has 0 heterocycles. The van der Waals surface area contributed by atoms with Crippen molar-refractivity contribution < 1.29 is 0 Å². The Labute approximate surface area is 75.2 Å². The molecule has 0 amide bonds. The van der Waals surface area contributed by atoms with Gasteiger partial charge in [-0.2, -0.15) is 0 Å². The second-order valence-electron chi connectivity index (χ2n) is 3.79. The molecule has 0 saturated heterocycles. The molecule has 0 aromatic carbocycles. The van der Waals surface area contributed by atoms with E-state index in [0.717, 1.165) is 12.5 Å². The van der Waals surface area contributed by atoms with Crippen LogP contribution in [0.5, 0.6) is 0 Å². The fourth-order valence-electron chi connectivity index (χ4n) is 1.92. The molecule has 0 unspecified atom stereocenters. The maximum atomic E-state index is 5.24. The molecule has 0 radical (unpaired) electrons. The van der Waals surface area contributed by atoms with Crippen molar-refractivity contribution in [3.05, 3.63) is 11.6 Å². The summed E-state index contributed by atoms with van der Waals surface area (Å²) in [6, 6.07) is 0. The Morgan fingerprint density at radius 3 is 2.67 bits per heavy atom. The van der Waals surface area contributed by atoms with Crippen LogP contribution >= 0.6 is 0 Å². The Morgan fingerprint density at radius 2 is 2.08 bits per heavy atom. The first-order valence-corrected chi connectivity index (χ1v) is 4.93. The number of nitrogens with one attached hydrogen (secondary N) is 1. The molecule has 0 atom stereocenters. The summed E-state index contributed by atoms with van der Waals surface area (Å²) < 4.78 is 0. The largest absolute Gasteiger partial charge is 0.271 e. The highest BCUT2D eigenvalue weighted by molar-refractivity contribution is 5.03. The molecule has 2 nitrogen and oxygen atoms in total. The summed E-state index contributed by atoms with van der Waals surface area (Å²) in [5.41, 5.74) is 4.07. The Kier molecular flexibility index (Phi) is 4.33. The van der Waals surface area contributed by atoms with Crippen LogP contribution in [0.2, 0.25) is 0 Å². The second kappa shape index (κ2) is 5.33. The summed E-state index contributed by atoms with van der Waals surface area (Å²) >= 11 is 0. The lowest BCUT2D eigenvalue weighted by Crippen LogP contribution is -2.24. The van der Waals surface area contributed by atoms with E-state index in [1.807, 2.05) is 0 Å². The van der Waals surface area contributed by atoms with Crippen molar-refractivity contribution in [3.8, 4) is 0 Å². The van der Waals surface area contributed by atoms with Crippen LogP contribution in [0.15, 0.2) is 11.6 Å². The van der Waals surface area contributed by atoms with Crippen molar-refractivity contribution in [1.82, 2.24) is 5.43 Å². The Bertz CT molecular complexity index is 146. The van der Waals surface area contributed by atoms with Gasteiger partial charge in [0.25, 0.3) is 0 Å². The zero-order valence-electron chi connectivity index (χ0n) is 7.97. The summed E-state index contributed by atoms with van der Waals surface area (Å²) in [6.07, 6.45) is 9.39. The van der Waals surface area contributed by atoms with Crippen LogP contribution in [-0.2, 0) is 0 Å². The van der Waals surface area contributed by atoms with E-state index in [4.69, 9.17) is 5.84 Å². The molecule has 1 saturated carbocycles. The molecule has 1 fully saturated rings. The lowest BCUT2D eigenvalue weighted by molar-refractivity contribution is 0.417. The number of hydrazine groups is 1. The average molecular weight is 168 g/mol. The van der Waals surface area contributed by atoms with Gasteiger partial charge in [0.15, 0.2) is 0 Å². The van der Waals surface area contributed by atoms with Gasteiger partial charge in [0, 0.05) is 6.54 Å². The Hall–Kier alpha value is -0.340. The normalized spacial score (nSPS) is 21.3. The molecule has 70 valence electrons. The molecule has 1 aliphatic carbocycles. The molecular formula is C10H20N2. The van der Waals surface area contributed by atoms with Gasteiger partial charge in [-0.3, -0.25) is 11.3 Å². The molecule has 1 aliphatic rings. The van der Waals surface area contributed by atoms with Crippen molar-refractivity contribution in [2.75, 3.05) is 6.54 Å². The topological polar surface area (TPSA) is 38.0 Å². The summed E-state index contributed by atoms with van der Waals surface area (Å²) in [5.74, 6) is 6.07. The third-order valence-corrected chi connectivity index (χ3v) is 2.55. The first-order valence-electron chi connectivity index (χ1n) is 4.93. The monoisotopic (exact) mass is 168 g/mol. The van der Waals surface area contributed by atoms with Gasteiger partial charge in [-0.1, -0.05) is 30.9 Å². The summed E-state index contributed by atoms with van der Waals surface area (Å²) in [7, 11) is 0. The van der Waals surface area contributed by atoms with Crippen LogP contribution < -0.4 is 11.3 Å². The third-order valence-electron chi connectivity index (χ3n) is 2.55. The van der Waals surface area contributed by atoms with Crippen LogP contribution in [0.1, 0.15) is 39.0 Å². The molecule has 0 spiro atoms. The molecule has 3 N–H and O–H groups in total. The van der Waals surface area contributed by atoms with E-state index in [1.54, 1.807) is 0 Å². The Balaban J connectivity index is 2.31. The third kappa shape index (κ3) is 3.37. The van der Waals surface area contributed by atoms with Crippen LogP contribution in [-0.4, -0.2) is 6.54 Å². The van der Waals surface area contributed by atoms with Gasteiger partial charge in [-0.25, -0.2) is 0 Å². The predicted octanol–water partition coefficient (Wildman–Crippen LogP) is 1.98. The highest BCUT2D eigenvalue weighted by Gasteiger charge is 2.10. The first kappa shape index (κ1) is 9.75. The number of hydrogen-bond acceptors (Lipinski definition) is 2. The van der Waals surface area contributed by atoms with Gasteiger partial charge in [-0.15, -0.1) is 0 Å². The van der Waals surface area contributed by atoms with Crippen LogP contribution in [0.25, 0.3) is 0 Å². The van der Waals surface area contributed by atoms with E-state index in [1.165, 1.54) is 37.7 Å². The minimum atomic E-state index is 0.826. The van der Waals surface area contributed by atoms with Crippen LogP contribution in [0.3, 0.4) is 0 Å². The quantitative estimate of drug-likeness (QED) is 0.384. The molecule has 0 aromatic rings. The molecule has 0 bridgehead atoms. The van der Waals surface area contributed by atoms with Crippen molar-refractivity contribution in [1.29, 1.82) is 0 Å². The van der Waals surface area contributed by atoms with Gasteiger partial charge in [0.2, 0.25) is 0 Å². The zero-order chi connectivity index (χ0) is 8.81. The van der Waals surface area contributed by atoms with E-state index >= 15 is 0 Å². The van der Waals surface area contributed by atoms with Crippen LogP contribution in [0, 0.1) is 5.92 Å². The lowest BCUT2D eigenvalue weighted by Gasteiger charge is -2.18. The molecular weight excluding hydrogens is 148 g/mol. The van der Waals surface area contributed by atoms with E-state index < -0.39 is 0 Å². The minimum absolute atomic E-state index is 0.826. The standard InChI is InChI=1S/C10H20N2/c1-9(8-12-11)7-10-5-3-2-4-6-10/h7,10,12H,2-6,8,11H2,1H3. The van der Waals surface area contributed by atoms with Gasteiger partial charge >= 0.3 is 0 Å². The predicted molar refractivity (Wildman–Crippen MR) is 52.5 cm³/mol. The smallest absolute Gasteiger partial charge is 0.0305 e. The van der Waals surface area contributed by atoms with Crippen molar-refractivity contribution in [2.45, 2.75) is 39.0 Å². The molecule has 0 aliphatic heterocycles. The highest BCUT2D eigenvalue weighted by atomic mass is 15.2. The van der Waals surface area contributed by atoms with E-state index in [9.17, 15) is 0 Å². The maximum Gasteiger partial charge on any atom is 0.0305 e. The first-order chi connectivity index (χ1) is 5.83. The van der Waals surface area contributed by atoms with Crippen molar-refractivity contribution >= 4 is 0 Å².